The van der Waals surface area contributed by atoms with Crippen LogP contribution < -0.4 is 10.5 Å². The van der Waals surface area contributed by atoms with Crippen molar-refractivity contribution in [2.24, 2.45) is 5.73 Å². The Kier molecular flexibility index (Phi) is 3.97. The van der Waals surface area contributed by atoms with Crippen LogP contribution in [0.2, 0.25) is 0 Å². The van der Waals surface area contributed by atoms with Crippen molar-refractivity contribution in [1.29, 1.82) is 0 Å². The standard InChI is InChI=1S/C13H19FN2O/c1-17-13-5-2-10(8-12(13)14)9-16(7-6-15)11-3-4-11/h2,5,8,11H,3-4,6-7,9,15H2,1H3. The SMILES string of the molecule is COc1ccc(CN(CCN)C2CC2)cc1F. The van der Waals surface area contributed by atoms with E-state index in [9.17, 15) is 4.39 Å². The molecule has 4 heteroatoms. The lowest BCUT2D eigenvalue weighted by atomic mass is 10.2. The number of ether oxygens (including phenoxy) is 1. The Morgan fingerprint density at radius 3 is 2.76 bits per heavy atom. The largest absolute Gasteiger partial charge is 0.494 e. The van der Waals surface area contributed by atoms with Crippen molar-refractivity contribution in [2.45, 2.75) is 25.4 Å². The molecule has 1 aliphatic carbocycles. The van der Waals surface area contributed by atoms with Crippen LogP contribution in [0.15, 0.2) is 18.2 Å². The van der Waals surface area contributed by atoms with Gasteiger partial charge in [0, 0.05) is 25.7 Å². The molecule has 1 fully saturated rings. The molecule has 0 amide bonds. The zero-order chi connectivity index (χ0) is 12.3. The second-order valence-electron chi connectivity index (χ2n) is 4.46. The summed E-state index contributed by atoms with van der Waals surface area (Å²) >= 11 is 0. The first-order valence-electron chi connectivity index (χ1n) is 6.01. The van der Waals surface area contributed by atoms with Crippen LogP contribution in [0.5, 0.6) is 5.75 Å². The molecule has 0 heterocycles. The highest BCUT2D eigenvalue weighted by Crippen LogP contribution is 2.28. The van der Waals surface area contributed by atoms with Crippen molar-refractivity contribution in [3.05, 3.63) is 29.6 Å². The van der Waals surface area contributed by atoms with Crippen LogP contribution >= 0.6 is 0 Å². The zero-order valence-corrected chi connectivity index (χ0v) is 10.2. The Balaban J connectivity index is 2.03. The van der Waals surface area contributed by atoms with Gasteiger partial charge in [-0.2, -0.15) is 0 Å². The minimum Gasteiger partial charge on any atom is -0.494 e. The van der Waals surface area contributed by atoms with E-state index in [0.29, 0.717) is 18.3 Å². The van der Waals surface area contributed by atoms with Gasteiger partial charge >= 0.3 is 0 Å². The number of hydrogen-bond acceptors (Lipinski definition) is 3. The number of methoxy groups -OCH3 is 1. The van der Waals surface area contributed by atoms with Gasteiger partial charge in [0.05, 0.1) is 7.11 Å². The fraction of sp³-hybridized carbons (Fsp3) is 0.538. The smallest absolute Gasteiger partial charge is 0.165 e. The summed E-state index contributed by atoms with van der Waals surface area (Å²) in [4.78, 5) is 2.32. The number of nitrogens with zero attached hydrogens (tertiary/aromatic N) is 1. The molecule has 94 valence electrons. The normalized spacial score (nSPS) is 15.3. The number of halogens is 1. The van der Waals surface area contributed by atoms with Gasteiger partial charge in [-0.05, 0) is 30.5 Å². The summed E-state index contributed by atoms with van der Waals surface area (Å²) in [6.45, 7) is 2.29. The molecule has 1 saturated carbocycles. The molecule has 0 atom stereocenters. The monoisotopic (exact) mass is 238 g/mol. The minimum absolute atomic E-state index is 0.297. The van der Waals surface area contributed by atoms with Crippen molar-refractivity contribution in [2.75, 3.05) is 20.2 Å². The first-order chi connectivity index (χ1) is 8.24. The average Bonchev–Trinajstić information content (AvgIpc) is 3.12. The van der Waals surface area contributed by atoms with E-state index in [0.717, 1.165) is 18.7 Å². The molecule has 1 aromatic carbocycles. The molecule has 2 N–H and O–H groups in total. The first kappa shape index (κ1) is 12.3. The zero-order valence-electron chi connectivity index (χ0n) is 10.2. The minimum atomic E-state index is -0.298. The van der Waals surface area contributed by atoms with Gasteiger partial charge in [-0.15, -0.1) is 0 Å². The van der Waals surface area contributed by atoms with Crippen molar-refractivity contribution < 1.29 is 9.13 Å². The second-order valence-corrected chi connectivity index (χ2v) is 4.46. The summed E-state index contributed by atoms with van der Waals surface area (Å²) < 4.78 is 18.4. The molecule has 0 saturated heterocycles. The maximum atomic E-state index is 13.5. The van der Waals surface area contributed by atoms with Crippen LogP contribution in [0.4, 0.5) is 4.39 Å². The van der Waals surface area contributed by atoms with Crippen LogP contribution in [-0.4, -0.2) is 31.1 Å². The summed E-state index contributed by atoms with van der Waals surface area (Å²) in [7, 11) is 1.48. The molecule has 0 aromatic heterocycles. The molecule has 2 rings (SSSR count). The summed E-state index contributed by atoms with van der Waals surface area (Å²) in [6.07, 6.45) is 2.47. The van der Waals surface area contributed by atoms with Crippen LogP contribution in [-0.2, 0) is 6.54 Å². The van der Waals surface area contributed by atoms with Gasteiger partial charge in [-0.25, -0.2) is 4.39 Å². The van der Waals surface area contributed by atoms with Gasteiger partial charge in [0.15, 0.2) is 11.6 Å². The number of benzene rings is 1. The summed E-state index contributed by atoms with van der Waals surface area (Å²) in [5, 5.41) is 0. The van der Waals surface area contributed by atoms with Crippen LogP contribution in [0.1, 0.15) is 18.4 Å². The van der Waals surface area contributed by atoms with E-state index in [-0.39, 0.29) is 5.82 Å². The number of rotatable bonds is 6. The third-order valence-corrected chi connectivity index (χ3v) is 3.08. The maximum absolute atomic E-state index is 13.5. The van der Waals surface area contributed by atoms with E-state index < -0.39 is 0 Å². The molecular weight excluding hydrogens is 219 g/mol. The quantitative estimate of drug-likeness (QED) is 0.820. The summed E-state index contributed by atoms with van der Waals surface area (Å²) in [5.74, 6) is -0.000887. The molecule has 1 aliphatic rings. The van der Waals surface area contributed by atoms with Crippen molar-refractivity contribution in [3.8, 4) is 5.75 Å². The van der Waals surface area contributed by atoms with E-state index in [2.05, 4.69) is 4.90 Å². The van der Waals surface area contributed by atoms with Gasteiger partial charge < -0.3 is 10.5 Å². The Labute approximate surface area is 101 Å². The number of nitrogens with two attached hydrogens (primary N) is 1. The topological polar surface area (TPSA) is 38.5 Å². The van der Waals surface area contributed by atoms with Crippen molar-refractivity contribution >= 4 is 0 Å². The van der Waals surface area contributed by atoms with Gasteiger partial charge in [0.2, 0.25) is 0 Å². The molecule has 3 nitrogen and oxygen atoms in total. The van der Waals surface area contributed by atoms with E-state index in [1.54, 1.807) is 12.1 Å². The molecule has 0 spiro atoms. The predicted molar refractivity (Wildman–Crippen MR) is 65.4 cm³/mol. The molecule has 17 heavy (non-hydrogen) atoms. The first-order valence-corrected chi connectivity index (χ1v) is 6.01. The summed E-state index contributed by atoms with van der Waals surface area (Å²) in [5.41, 5.74) is 6.56. The lowest BCUT2D eigenvalue weighted by Crippen LogP contribution is -2.31. The fourth-order valence-electron chi connectivity index (χ4n) is 2.04. The van der Waals surface area contributed by atoms with E-state index in [4.69, 9.17) is 10.5 Å². The molecule has 0 aliphatic heterocycles. The Morgan fingerprint density at radius 2 is 2.24 bits per heavy atom. The van der Waals surface area contributed by atoms with Gasteiger partial charge in [0.1, 0.15) is 0 Å². The van der Waals surface area contributed by atoms with Crippen molar-refractivity contribution in [3.63, 3.8) is 0 Å². The fourth-order valence-corrected chi connectivity index (χ4v) is 2.04. The third kappa shape index (κ3) is 3.17. The van der Waals surface area contributed by atoms with Crippen LogP contribution in [0.3, 0.4) is 0 Å². The van der Waals surface area contributed by atoms with Crippen LogP contribution in [0.25, 0.3) is 0 Å². The van der Waals surface area contributed by atoms with Crippen molar-refractivity contribution in [1.82, 2.24) is 4.90 Å². The van der Waals surface area contributed by atoms with E-state index in [1.807, 2.05) is 6.07 Å². The molecule has 0 radical (unpaired) electrons. The van der Waals surface area contributed by atoms with Gasteiger partial charge in [-0.3, -0.25) is 4.90 Å². The number of hydrogen-bond donors (Lipinski definition) is 1. The van der Waals surface area contributed by atoms with Crippen LogP contribution in [0, 0.1) is 5.82 Å². The third-order valence-electron chi connectivity index (χ3n) is 3.08. The summed E-state index contributed by atoms with van der Waals surface area (Å²) in [6, 6.07) is 5.78. The van der Waals surface area contributed by atoms with E-state index >= 15 is 0 Å². The molecule has 0 unspecified atom stereocenters. The molecular formula is C13H19FN2O. The Morgan fingerprint density at radius 1 is 1.47 bits per heavy atom. The maximum Gasteiger partial charge on any atom is 0.165 e. The van der Waals surface area contributed by atoms with Gasteiger partial charge in [0.25, 0.3) is 0 Å². The lowest BCUT2D eigenvalue weighted by Gasteiger charge is -2.21. The molecule has 0 bridgehead atoms. The molecule has 1 aromatic rings. The second kappa shape index (κ2) is 5.47. The highest BCUT2D eigenvalue weighted by molar-refractivity contribution is 5.29. The predicted octanol–water partition coefficient (Wildman–Crippen LogP) is 1.76. The highest BCUT2D eigenvalue weighted by atomic mass is 19.1. The lowest BCUT2D eigenvalue weighted by molar-refractivity contribution is 0.261. The Hall–Kier alpha value is -1.13. The average molecular weight is 238 g/mol. The van der Waals surface area contributed by atoms with E-state index in [1.165, 1.54) is 20.0 Å². The Bertz CT molecular complexity index is 380. The van der Waals surface area contributed by atoms with Gasteiger partial charge in [-0.1, -0.05) is 6.07 Å². The highest BCUT2D eigenvalue weighted by Gasteiger charge is 2.28.